The lowest BCUT2D eigenvalue weighted by molar-refractivity contribution is -0.121. The standard InChI is InChI=1S/C22H25NO4/c1-3-4-16-5-7-17(8-6-16)19(24)10-12-22(25)23-15(2)18-9-11-20-21(13-18)27-14-26-20/h5-9,11,13,15H,3-4,10,12,14H2,1-2H3,(H,23,25). The lowest BCUT2D eigenvalue weighted by Gasteiger charge is -2.14. The van der Waals surface area contributed by atoms with Crippen molar-refractivity contribution in [2.24, 2.45) is 0 Å². The number of Topliss-reactive ketones (excluding diaryl/α,β-unsaturated/α-hetero) is 1. The maximum Gasteiger partial charge on any atom is 0.231 e. The largest absolute Gasteiger partial charge is 0.454 e. The molecule has 0 saturated carbocycles. The fraction of sp³-hybridized carbons (Fsp3) is 0.364. The SMILES string of the molecule is CCCc1ccc(C(=O)CCC(=O)NC(C)c2ccc3c(c2)OCO3)cc1. The van der Waals surface area contributed by atoms with Crippen LogP contribution < -0.4 is 14.8 Å². The Morgan fingerprint density at radius 1 is 1.04 bits per heavy atom. The van der Waals surface area contributed by atoms with Gasteiger partial charge in [-0.05, 0) is 36.6 Å². The van der Waals surface area contributed by atoms with Gasteiger partial charge >= 0.3 is 0 Å². The molecule has 0 saturated heterocycles. The summed E-state index contributed by atoms with van der Waals surface area (Å²) in [5.74, 6) is 1.25. The number of hydrogen-bond donors (Lipinski definition) is 1. The van der Waals surface area contributed by atoms with Crippen molar-refractivity contribution in [2.45, 2.75) is 45.6 Å². The van der Waals surface area contributed by atoms with E-state index >= 15 is 0 Å². The van der Waals surface area contributed by atoms with Gasteiger partial charge in [0.05, 0.1) is 6.04 Å². The average molecular weight is 367 g/mol. The average Bonchev–Trinajstić information content (AvgIpc) is 3.14. The van der Waals surface area contributed by atoms with Crippen molar-refractivity contribution in [1.82, 2.24) is 5.32 Å². The van der Waals surface area contributed by atoms with Crippen LogP contribution in [-0.2, 0) is 11.2 Å². The van der Waals surface area contributed by atoms with Gasteiger partial charge in [0.2, 0.25) is 12.7 Å². The summed E-state index contributed by atoms with van der Waals surface area (Å²) >= 11 is 0. The Bertz CT molecular complexity index is 814. The predicted molar refractivity (Wildman–Crippen MR) is 103 cm³/mol. The summed E-state index contributed by atoms with van der Waals surface area (Å²) in [5.41, 5.74) is 2.82. The van der Waals surface area contributed by atoms with E-state index in [0.29, 0.717) is 17.1 Å². The van der Waals surface area contributed by atoms with Crippen LogP contribution in [0.3, 0.4) is 0 Å². The van der Waals surface area contributed by atoms with E-state index in [-0.39, 0.29) is 37.4 Å². The van der Waals surface area contributed by atoms with Crippen molar-refractivity contribution in [2.75, 3.05) is 6.79 Å². The van der Waals surface area contributed by atoms with Crippen LogP contribution in [0.5, 0.6) is 11.5 Å². The van der Waals surface area contributed by atoms with E-state index in [1.165, 1.54) is 5.56 Å². The molecule has 1 unspecified atom stereocenters. The van der Waals surface area contributed by atoms with E-state index in [2.05, 4.69) is 12.2 Å². The highest BCUT2D eigenvalue weighted by Gasteiger charge is 2.17. The Labute approximate surface area is 159 Å². The first-order chi connectivity index (χ1) is 13.1. The van der Waals surface area contributed by atoms with E-state index in [9.17, 15) is 9.59 Å². The number of ether oxygens (including phenoxy) is 2. The summed E-state index contributed by atoms with van der Waals surface area (Å²) in [6, 6.07) is 13.1. The molecule has 0 radical (unpaired) electrons. The maximum atomic E-state index is 12.3. The molecule has 1 heterocycles. The van der Waals surface area contributed by atoms with Gasteiger partial charge in [-0.15, -0.1) is 0 Å². The van der Waals surface area contributed by atoms with Crippen molar-refractivity contribution in [1.29, 1.82) is 0 Å². The van der Waals surface area contributed by atoms with Gasteiger partial charge in [-0.2, -0.15) is 0 Å². The highest BCUT2D eigenvalue weighted by molar-refractivity contribution is 5.98. The second-order valence-electron chi connectivity index (χ2n) is 6.77. The van der Waals surface area contributed by atoms with Crippen LogP contribution in [0.25, 0.3) is 0 Å². The van der Waals surface area contributed by atoms with E-state index < -0.39 is 0 Å². The third-order valence-corrected chi connectivity index (χ3v) is 4.67. The van der Waals surface area contributed by atoms with Crippen LogP contribution in [0.4, 0.5) is 0 Å². The second kappa shape index (κ2) is 8.71. The quantitative estimate of drug-likeness (QED) is 0.710. The van der Waals surface area contributed by atoms with Crippen LogP contribution in [0, 0.1) is 0 Å². The minimum absolute atomic E-state index is 0.0102. The zero-order valence-corrected chi connectivity index (χ0v) is 15.8. The molecule has 27 heavy (non-hydrogen) atoms. The smallest absolute Gasteiger partial charge is 0.231 e. The van der Waals surface area contributed by atoms with Gasteiger partial charge in [0.25, 0.3) is 0 Å². The molecule has 1 N–H and O–H groups in total. The highest BCUT2D eigenvalue weighted by Crippen LogP contribution is 2.34. The van der Waals surface area contributed by atoms with E-state index in [4.69, 9.17) is 9.47 Å². The number of fused-ring (bicyclic) bond motifs is 1. The van der Waals surface area contributed by atoms with Crippen LogP contribution >= 0.6 is 0 Å². The van der Waals surface area contributed by atoms with E-state index in [1.54, 1.807) is 0 Å². The molecule has 0 aliphatic carbocycles. The van der Waals surface area contributed by atoms with Gasteiger partial charge in [-0.3, -0.25) is 9.59 Å². The molecule has 2 aromatic rings. The molecule has 0 fully saturated rings. The summed E-state index contributed by atoms with van der Waals surface area (Å²) in [6.45, 7) is 4.26. The summed E-state index contributed by atoms with van der Waals surface area (Å²) in [5, 5.41) is 2.93. The number of amides is 1. The first-order valence-electron chi connectivity index (χ1n) is 9.38. The lowest BCUT2D eigenvalue weighted by Crippen LogP contribution is -2.26. The molecule has 0 bridgehead atoms. The number of ketones is 1. The molecule has 3 rings (SSSR count). The van der Waals surface area contributed by atoms with Crippen molar-refractivity contribution >= 4 is 11.7 Å². The van der Waals surface area contributed by atoms with Gasteiger partial charge in [0, 0.05) is 18.4 Å². The number of carbonyl (C=O) groups excluding carboxylic acids is 2. The molecule has 0 spiro atoms. The molecule has 1 aliphatic heterocycles. The lowest BCUT2D eigenvalue weighted by atomic mass is 10.0. The zero-order chi connectivity index (χ0) is 19.2. The van der Waals surface area contributed by atoms with Gasteiger partial charge in [-0.1, -0.05) is 43.7 Å². The van der Waals surface area contributed by atoms with Crippen LogP contribution in [0.15, 0.2) is 42.5 Å². The van der Waals surface area contributed by atoms with Gasteiger partial charge in [0.15, 0.2) is 17.3 Å². The van der Waals surface area contributed by atoms with E-state index in [0.717, 1.165) is 18.4 Å². The molecule has 1 aliphatic rings. The Balaban J connectivity index is 1.49. The number of nitrogens with one attached hydrogen (secondary N) is 1. The number of hydrogen-bond acceptors (Lipinski definition) is 4. The number of carbonyl (C=O) groups is 2. The van der Waals surface area contributed by atoms with Crippen molar-refractivity contribution in [3.63, 3.8) is 0 Å². The second-order valence-corrected chi connectivity index (χ2v) is 6.77. The molecular weight excluding hydrogens is 342 g/mol. The fourth-order valence-electron chi connectivity index (χ4n) is 3.10. The minimum atomic E-state index is -0.171. The van der Waals surface area contributed by atoms with Crippen molar-refractivity contribution in [3.05, 3.63) is 59.2 Å². The first kappa shape index (κ1) is 19.0. The van der Waals surface area contributed by atoms with Gasteiger partial charge in [-0.25, -0.2) is 0 Å². The van der Waals surface area contributed by atoms with Crippen molar-refractivity contribution < 1.29 is 19.1 Å². The van der Waals surface area contributed by atoms with Crippen molar-refractivity contribution in [3.8, 4) is 11.5 Å². The summed E-state index contributed by atoms with van der Waals surface area (Å²) in [6.07, 6.45) is 2.46. The molecule has 1 amide bonds. The van der Waals surface area contributed by atoms with E-state index in [1.807, 2.05) is 49.4 Å². The molecule has 5 heteroatoms. The molecule has 2 aromatic carbocycles. The Kier molecular flexibility index (Phi) is 6.12. The van der Waals surface area contributed by atoms with Gasteiger partial charge in [0.1, 0.15) is 0 Å². The third-order valence-electron chi connectivity index (χ3n) is 4.67. The number of rotatable bonds is 8. The molecule has 1 atom stereocenters. The normalized spacial score (nSPS) is 13.3. The molecule has 5 nitrogen and oxygen atoms in total. The van der Waals surface area contributed by atoms with Crippen LogP contribution in [-0.4, -0.2) is 18.5 Å². The number of aryl methyl sites for hydroxylation is 1. The fourth-order valence-corrected chi connectivity index (χ4v) is 3.10. The maximum absolute atomic E-state index is 12.3. The van der Waals surface area contributed by atoms with Gasteiger partial charge < -0.3 is 14.8 Å². The zero-order valence-electron chi connectivity index (χ0n) is 15.8. The monoisotopic (exact) mass is 367 g/mol. The number of benzene rings is 2. The molecular formula is C22H25NO4. The molecule has 0 aromatic heterocycles. The van der Waals surface area contributed by atoms with Crippen LogP contribution in [0.2, 0.25) is 0 Å². The minimum Gasteiger partial charge on any atom is -0.454 e. The Morgan fingerprint density at radius 2 is 1.78 bits per heavy atom. The summed E-state index contributed by atoms with van der Waals surface area (Å²) < 4.78 is 10.7. The molecule has 142 valence electrons. The highest BCUT2D eigenvalue weighted by atomic mass is 16.7. The van der Waals surface area contributed by atoms with Crippen LogP contribution in [0.1, 0.15) is 60.6 Å². The Hall–Kier alpha value is -2.82. The topological polar surface area (TPSA) is 64.6 Å². The predicted octanol–water partition coefficient (Wildman–Crippen LogP) is 4.21. The summed E-state index contributed by atoms with van der Waals surface area (Å²) in [4.78, 5) is 24.5. The third kappa shape index (κ3) is 4.88. The first-order valence-corrected chi connectivity index (χ1v) is 9.38. The summed E-state index contributed by atoms with van der Waals surface area (Å²) in [7, 11) is 0. The Morgan fingerprint density at radius 3 is 2.52 bits per heavy atom.